The van der Waals surface area contributed by atoms with E-state index in [4.69, 9.17) is 9.84 Å². The number of ether oxygens (including phenoxy) is 1. The molecule has 0 aromatic rings. The van der Waals surface area contributed by atoms with Crippen molar-refractivity contribution in [1.29, 1.82) is 0 Å². The highest BCUT2D eigenvalue weighted by Crippen LogP contribution is 2.16. The minimum Gasteiger partial charge on any atom is -0.394 e. The summed E-state index contributed by atoms with van der Waals surface area (Å²) in [6, 6.07) is -0.492. The van der Waals surface area contributed by atoms with Gasteiger partial charge in [-0.25, -0.2) is 4.99 Å². The number of allylic oxidation sites excluding steroid dienone is 2. The van der Waals surface area contributed by atoms with E-state index >= 15 is 0 Å². The van der Waals surface area contributed by atoms with Gasteiger partial charge in [0.15, 0.2) is 0 Å². The maximum Gasteiger partial charge on any atom is 0.121 e. The number of rotatable bonds is 5. The number of aliphatic hydroxyl groups is 3. The molecule has 6 nitrogen and oxygen atoms in total. The minimum atomic E-state index is -1.13. The van der Waals surface area contributed by atoms with Gasteiger partial charge < -0.3 is 25.4 Å². The van der Waals surface area contributed by atoms with Crippen LogP contribution >= 0.6 is 0 Å². The fourth-order valence-corrected chi connectivity index (χ4v) is 1.73. The third-order valence-electron chi connectivity index (χ3n) is 2.83. The lowest BCUT2D eigenvalue weighted by Crippen LogP contribution is -2.58. The molecule has 0 bridgehead atoms. The maximum atomic E-state index is 9.94. The molecule has 1 heterocycles. The molecule has 4 N–H and O–H groups in total. The summed E-state index contributed by atoms with van der Waals surface area (Å²) in [4.78, 5) is 4.09. The lowest BCUT2D eigenvalue weighted by Gasteiger charge is -2.37. The first-order valence-corrected chi connectivity index (χ1v) is 6.04. The van der Waals surface area contributed by atoms with Crippen LogP contribution in [0.2, 0.25) is 0 Å². The van der Waals surface area contributed by atoms with Gasteiger partial charge >= 0.3 is 0 Å². The molecule has 0 spiro atoms. The van der Waals surface area contributed by atoms with Crippen LogP contribution in [0.4, 0.5) is 0 Å². The van der Waals surface area contributed by atoms with Crippen LogP contribution in [0, 0.1) is 0 Å². The van der Waals surface area contributed by atoms with Crippen LogP contribution in [0.15, 0.2) is 35.3 Å². The van der Waals surface area contributed by atoms with Gasteiger partial charge in [0.05, 0.1) is 19.3 Å². The van der Waals surface area contributed by atoms with Gasteiger partial charge in [0.25, 0.3) is 0 Å². The van der Waals surface area contributed by atoms with E-state index in [0.29, 0.717) is 5.82 Å². The van der Waals surface area contributed by atoms with E-state index in [0.717, 1.165) is 0 Å². The highest BCUT2D eigenvalue weighted by Gasteiger charge is 2.38. The fourth-order valence-electron chi connectivity index (χ4n) is 1.73. The molecule has 6 heteroatoms. The summed E-state index contributed by atoms with van der Waals surface area (Å²) in [7, 11) is 0. The van der Waals surface area contributed by atoms with Crippen molar-refractivity contribution in [2.24, 2.45) is 4.99 Å². The third-order valence-corrected chi connectivity index (χ3v) is 2.83. The second-order valence-corrected chi connectivity index (χ2v) is 4.11. The Morgan fingerprint density at radius 3 is 2.84 bits per heavy atom. The second kappa shape index (κ2) is 7.89. The molecule has 0 saturated carbocycles. The van der Waals surface area contributed by atoms with Gasteiger partial charge in [0.2, 0.25) is 0 Å². The van der Waals surface area contributed by atoms with E-state index < -0.39 is 24.4 Å². The molecule has 1 aliphatic rings. The predicted molar refractivity (Wildman–Crippen MR) is 71.7 cm³/mol. The van der Waals surface area contributed by atoms with Crippen LogP contribution < -0.4 is 5.32 Å². The van der Waals surface area contributed by atoms with Gasteiger partial charge in [-0.2, -0.15) is 0 Å². The van der Waals surface area contributed by atoms with Crippen molar-refractivity contribution in [3.8, 4) is 0 Å². The summed E-state index contributed by atoms with van der Waals surface area (Å²) in [5, 5.41) is 31.6. The van der Waals surface area contributed by atoms with E-state index in [2.05, 4.69) is 22.6 Å². The van der Waals surface area contributed by atoms with Crippen LogP contribution in [0.5, 0.6) is 0 Å². The van der Waals surface area contributed by atoms with Crippen LogP contribution in [0.1, 0.15) is 6.92 Å². The molecule has 1 aliphatic heterocycles. The Balaban J connectivity index is 2.63. The van der Waals surface area contributed by atoms with E-state index in [-0.39, 0.29) is 13.2 Å². The Hall–Kier alpha value is -1.43. The average molecular weight is 268 g/mol. The smallest absolute Gasteiger partial charge is 0.121 e. The quantitative estimate of drug-likeness (QED) is 0.392. The monoisotopic (exact) mass is 268 g/mol. The van der Waals surface area contributed by atoms with Crippen molar-refractivity contribution in [2.75, 3.05) is 13.2 Å². The number of nitrogens with one attached hydrogen (secondary N) is 1. The van der Waals surface area contributed by atoms with E-state index in [1.807, 2.05) is 0 Å². The molecule has 0 unspecified atom stereocenters. The Bertz CT molecular complexity index is 388. The van der Waals surface area contributed by atoms with Crippen molar-refractivity contribution in [1.82, 2.24) is 5.32 Å². The highest BCUT2D eigenvalue weighted by molar-refractivity contribution is 5.71. The van der Waals surface area contributed by atoms with Crippen molar-refractivity contribution in [3.05, 3.63) is 30.3 Å². The predicted octanol–water partition coefficient (Wildman–Crippen LogP) is -0.669. The fraction of sp³-hybridized carbons (Fsp3) is 0.538. The number of hydrogen-bond acceptors (Lipinski definition) is 6. The molecule has 1 fully saturated rings. The molecule has 19 heavy (non-hydrogen) atoms. The summed E-state index contributed by atoms with van der Waals surface area (Å²) < 4.78 is 5.26. The lowest BCUT2D eigenvalue weighted by molar-refractivity contribution is -0.160. The molecule has 0 aromatic heterocycles. The summed E-state index contributed by atoms with van der Waals surface area (Å²) in [6.45, 7) is 5.05. The SMILES string of the molecule is C=C=C/C=N\C(=C/C)N[C@H]1CO[C@H](CO)[C@H](O)[C@@H]1O. The number of aliphatic hydroxyl groups excluding tert-OH is 3. The first-order valence-electron chi connectivity index (χ1n) is 6.04. The molecule has 0 aromatic carbocycles. The molecule has 1 rings (SSSR count). The van der Waals surface area contributed by atoms with Crippen LogP contribution in [0.25, 0.3) is 0 Å². The Morgan fingerprint density at radius 2 is 2.26 bits per heavy atom. The average Bonchev–Trinajstić information content (AvgIpc) is 2.43. The van der Waals surface area contributed by atoms with Crippen LogP contribution in [-0.2, 0) is 4.74 Å². The number of aliphatic imine (C=N–C) groups is 1. The minimum absolute atomic E-state index is 0.174. The first-order chi connectivity index (χ1) is 9.13. The Kier molecular flexibility index (Phi) is 6.49. The summed E-state index contributed by atoms with van der Waals surface area (Å²) >= 11 is 0. The molecule has 0 amide bonds. The normalized spacial score (nSPS) is 32.1. The van der Waals surface area contributed by atoms with E-state index in [1.165, 1.54) is 6.21 Å². The van der Waals surface area contributed by atoms with Gasteiger partial charge in [-0.1, -0.05) is 6.58 Å². The van der Waals surface area contributed by atoms with Gasteiger partial charge in [-0.3, -0.25) is 0 Å². The van der Waals surface area contributed by atoms with E-state index in [1.54, 1.807) is 19.1 Å². The second-order valence-electron chi connectivity index (χ2n) is 4.11. The maximum absolute atomic E-state index is 9.94. The van der Waals surface area contributed by atoms with Crippen molar-refractivity contribution in [2.45, 2.75) is 31.3 Å². The van der Waals surface area contributed by atoms with Crippen molar-refractivity contribution >= 4 is 6.21 Å². The van der Waals surface area contributed by atoms with Gasteiger partial charge in [0.1, 0.15) is 24.1 Å². The topological polar surface area (TPSA) is 94.3 Å². The zero-order chi connectivity index (χ0) is 14.3. The molecule has 1 saturated heterocycles. The molecule has 4 atom stereocenters. The standard InChI is InChI=1S/C13H20N2O4/c1-3-5-6-14-11(4-2)15-9-8-19-10(7-16)13(18)12(9)17/h4-6,9-10,12-13,15-18H,1,7-8H2,2H3/b11-4+,14-6-/t9-,10+,12+,13-/m0/s1. The van der Waals surface area contributed by atoms with Crippen molar-refractivity contribution in [3.63, 3.8) is 0 Å². The largest absolute Gasteiger partial charge is 0.394 e. The van der Waals surface area contributed by atoms with Crippen LogP contribution in [0.3, 0.4) is 0 Å². The summed E-state index contributed by atoms with van der Waals surface area (Å²) in [5.41, 5.74) is 2.56. The Labute approximate surface area is 112 Å². The molecule has 0 aliphatic carbocycles. The highest BCUT2D eigenvalue weighted by atomic mass is 16.5. The summed E-state index contributed by atoms with van der Waals surface area (Å²) in [5.74, 6) is 0.536. The number of hydrogen-bond donors (Lipinski definition) is 4. The zero-order valence-electron chi connectivity index (χ0n) is 10.9. The third kappa shape index (κ3) is 4.31. The molecular weight excluding hydrogens is 248 g/mol. The molecule has 0 radical (unpaired) electrons. The van der Waals surface area contributed by atoms with Crippen LogP contribution in [-0.4, -0.2) is 59.1 Å². The zero-order valence-corrected chi connectivity index (χ0v) is 10.9. The lowest BCUT2D eigenvalue weighted by atomic mass is 9.98. The van der Waals surface area contributed by atoms with Crippen molar-refractivity contribution < 1.29 is 20.1 Å². The molecule has 106 valence electrons. The summed E-state index contributed by atoms with van der Waals surface area (Å²) in [6.07, 6.45) is 1.87. The number of nitrogens with zero attached hydrogens (tertiary/aromatic N) is 1. The van der Waals surface area contributed by atoms with Gasteiger partial charge in [-0.15, -0.1) is 5.73 Å². The van der Waals surface area contributed by atoms with Gasteiger partial charge in [0, 0.05) is 6.21 Å². The van der Waals surface area contributed by atoms with E-state index in [9.17, 15) is 10.2 Å². The van der Waals surface area contributed by atoms with Gasteiger partial charge in [-0.05, 0) is 19.1 Å². The molecular formula is C13H20N2O4. The first kappa shape index (κ1) is 15.6. The Morgan fingerprint density at radius 1 is 1.53 bits per heavy atom.